The summed E-state index contributed by atoms with van der Waals surface area (Å²) in [7, 11) is 0. The molecule has 3 aromatic rings. The SMILES string of the molecule is C/C=C/CCc1ccc2c(F)c(C#Cc3ccc(C4CCC(CCCC)CC4)cc3)ccc2c1. The molecule has 1 aliphatic carbocycles. The van der Waals surface area contributed by atoms with Gasteiger partial charge in [-0.15, -0.1) is 0 Å². The zero-order valence-corrected chi connectivity index (χ0v) is 20.7. The van der Waals surface area contributed by atoms with Gasteiger partial charge in [-0.25, -0.2) is 4.39 Å². The molecule has 1 fully saturated rings. The van der Waals surface area contributed by atoms with Crippen LogP contribution in [0, 0.1) is 23.6 Å². The minimum Gasteiger partial charge on any atom is -0.205 e. The Balaban J connectivity index is 1.42. The molecule has 3 aromatic carbocycles. The number of aryl methyl sites for hydroxylation is 1. The van der Waals surface area contributed by atoms with E-state index in [-0.39, 0.29) is 5.82 Å². The molecule has 0 amide bonds. The number of allylic oxidation sites excluding steroid dienone is 2. The number of hydrogen-bond acceptors (Lipinski definition) is 0. The van der Waals surface area contributed by atoms with Crippen LogP contribution in [0.15, 0.2) is 66.7 Å². The summed E-state index contributed by atoms with van der Waals surface area (Å²) >= 11 is 0. The molecule has 0 spiro atoms. The van der Waals surface area contributed by atoms with Crippen molar-refractivity contribution in [3.8, 4) is 11.8 Å². The van der Waals surface area contributed by atoms with Gasteiger partial charge in [0.15, 0.2) is 0 Å². The predicted molar refractivity (Wildman–Crippen MR) is 144 cm³/mol. The Bertz CT molecular complexity index is 1160. The minimum atomic E-state index is -0.221. The van der Waals surface area contributed by atoms with E-state index in [0.717, 1.165) is 29.7 Å². The Labute approximate surface area is 205 Å². The van der Waals surface area contributed by atoms with Crippen molar-refractivity contribution in [1.82, 2.24) is 0 Å². The molecular formula is C33H37F. The molecule has 1 saturated carbocycles. The summed E-state index contributed by atoms with van der Waals surface area (Å²) in [5.74, 6) is 7.64. The summed E-state index contributed by atoms with van der Waals surface area (Å²) in [5, 5.41) is 1.58. The summed E-state index contributed by atoms with van der Waals surface area (Å²) < 4.78 is 15.1. The smallest absolute Gasteiger partial charge is 0.146 e. The largest absolute Gasteiger partial charge is 0.205 e. The molecule has 0 heterocycles. The van der Waals surface area contributed by atoms with Crippen LogP contribution >= 0.6 is 0 Å². The van der Waals surface area contributed by atoms with Crippen molar-refractivity contribution in [3.63, 3.8) is 0 Å². The maximum absolute atomic E-state index is 15.1. The Hall–Kier alpha value is -2.85. The van der Waals surface area contributed by atoms with Crippen molar-refractivity contribution in [3.05, 3.63) is 94.8 Å². The van der Waals surface area contributed by atoms with E-state index in [1.54, 1.807) is 0 Å². The summed E-state index contributed by atoms with van der Waals surface area (Å²) in [4.78, 5) is 0. The van der Waals surface area contributed by atoms with Crippen LogP contribution in [0.2, 0.25) is 0 Å². The minimum absolute atomic E-state index is 0.221. The summed E-state index contributed by atoms with van der Waals surface area (Å²) in [6.45, 7) is 4.32. The highest BCUT2D eigenvalue weighted by atomic mass is 19.1. The van der Waals surface area contributed by atoms with E-state index >= 15 is 4.39 Å². The van der Waals surface area contributed by atoms with Gasteiger partial charge >= 0.3 is 0 Å². The standard InChI is InChI=1S/C33H37F/c1-3-5-7-9-27-15-23-32-31(24-27)22-21-30(33(32)34)20-14-26-12-18-29(19-13-26)28-16-10-25(11-17-28)8-6-4-2/h3,5,12-13,15,18-19,21-25,28H,4,6-11,16-17H2,1-2H3/b5-3+. The fourth-order valence-electron chi connectivity index (χ4n) is 5.27. The van der Waals surface area contributed by atoms with Gasteiger partial charge in [0.05, 0.1) is 5.56 Å². The molecule has 0 aromatic heterocycles. The normalized spacial score (nSPS) is 18.2. The highest BCUT2D eigenvalue weighted by Crippen LogP contribution is 2.37. The molecule has 0 unspecified atom stereocenters. The monoisotopic (exact) mass is 452 g/mol. The van der Waals surface area contributed by atoms with Crippen molar-refractivity contribution in [2.45, 2.75) is 77.6 Å². The van der Waals surface area contributed by atoms with E-state index in [2.05, 4.69) is 61.2 Å². The third-order valence-electron chi connectivity index (χ3n) is 7.39. The lowest BCUT2D eigenvalue weighted by atomic mass is 9.77. The lowest BCUT2D eigenvalue weighted by Crippen LogP contribution is -2.13. The molecule has 0 nitrogen and oxygen atoms in total. The first-order valence-electron chi connectivity index (χ1n) is 13.1. The lowest BCUT2D eigenvalue weighted by molar-refractivity contribution is 0.304. The van der Waals surface area contributed by atoms with Crippen molar-refractivity contribution < 1.29 is 4.39 Å². The first-order chi connectivity index (χ1) is 16.7. The molecule has 0 N–H and O–H groups in total. The van der Waals surface area contributed by atoms with Gasteiger partial charge < -0.3 is 0 Å². The number of rotatable bonds is 7. The van der Waals surface area contributed by atoms with E-state index in [4.69, 9.17) is 0 Å². The van der Waals surface area contributed by atoms with Crippen LogP contribution in [0.25, 0.3) is 10.8 Å². The molecular weight excluding hydrogens is 415 g/mol. The summed E-state index contributed by atoms with van der Waals surface area (Å²) in [5.41, 5.74) is 4.07. The molecule has 1 aliphatic rings. The zero-order chi connectivity index (χ0) is 23.8. The Kier molecular flexibility index (Phi) is 8.59. The van der Waals surface area contributed by atoms with E-state index in [9.17, 15) is 0 Å². The van der Waals surface area contributed by atoms with Crippen LogP contribution in [-0.2, 0) is 6.42 Å². The Morgan fingerprint density at radius 2 is 1.74 bits per heavy atom. The number of halogens is 1. The number of hydrogen-bond donors (Lipinski definition) is 0. The van der Waals surface area contributed by atoms with Crippen molar-refractivity contribution in [2.75, 3.05) is 0 Å². The van der Waals surface area contributed by atoms with Crippen LogP contribution in [-0.4, -0.2) is 0 Å². The third kappa shape index (κ3) is 6.18. The zero-order valence-electron chi connectivity index (χ0n) is 20.7. The van der Waals surface area contributed by atoms with Crippen LogP contribution in [0.5, 0.6) is 0 Å². The van der Waals surface area contributed by atoms with Gasteiger partial charge in [0, 0.05) is 10.9 Å². The van der Waals surface area contributed by atoms with E-state index in [0.29, 0.717) is 16.9 Å². The highest BCUT2D eigenvalue weighted by Gasteiger charge is 2.21. The summed E-state index contributed by atoms with van der Waals surface area (Å²) in [6.07, 6.45) is 15.6. The van der Waals surface area contributed by atoms with E-state index in [1.807, 2.05) is 31.2 Å². The average molecular weight is 453 g/mol. The van der Waals surface area contributed by atoms with Crippen LogP contribution in [0.4, 0.5) is 4.39 Å². The number of benzene rings is 3. The molecule has 4 rings (SSSR count). The number of fused-ring (bicyclic) bond motifs is 1. The second-order valence-electron chi connectivity index (χ2n) is 9.82. The summed E-state index contributed by atoms with van der Waals surface area (Å²) in [6, 6.07) is 18.5. The molecule has 0 saturated heterocycles. The van der Waals surface area contributed by atoms with Gasteiger partial charge in [-0.1, -0.05) is 86.6 Å². The maximum Gasteiger partial charge on any atom is 0.146 e. The van der Waals surface area contributed by atoms with Crippen LogP contribution in [0.3, 0.4) is 0 Å². The van der Waals surface area contributed by atoms with Gasteiger partial charge in [-0.05, 0) is 92.0 Å². The maximum atomic E-state index is 15.1. The molecule has 176 valence electrons. The fourth-order valence-corrected chi connectivity index (χ4v) is 5.27. The van der Waals surface area contributed by atoms with Crippen molar-refractivity contribution in [2.24, 2.45) is 5.92 Å². The molecule has 0 radical (unpaired) electrons. The van der Waals surface area contributed by atoms with Crippen LogP contribution < -0.4 is 0 Å². The second-order valence-corrected chi connectivity index (χ2v) is 9.82. The Morgan fingerprint density at radius 1 is 0.941 bits per heavy atom. The van der Waals surface area contributed by atoms with Crippen molar-refractivity contribution >= 4 is 10.8 Å². The number of unbranched alkanes of at least 4 members (excludes halogenated alkanes) is 1. The second kappa shape index (κ2) is 12.0. The van der Waals surface area contributed by atoms with Gasteiger partial charge in [-0.3, -0.25) is 0 Å². The first-order valence-corrected chi connectivity index (χ1v) is 13.1. The van der Waals surface area contributed by atoms with Crippen molar-refractivity contribution in [1.29, 1.82) is 0 Å². The van der Waals surface area contributed by atoms with Gasteiger partial charge in [0.25, 0.3) is 0 Å². The predicted octanol–water partition coefficient (Wildman–Crippen LogP) is 9.35. The topological polar surface area (TPSA) is 0 Å². The molecule has 0 aliphatic heterocycles. The average Bonchev–Trinajstić information content (AvgIpc) is 2.88. The van der Waals surface area contributed by atoms with Crippen LogP contribution in [0.1, 0.15) is 93.4 Å². The molecule has 1 heteroatoms. The van der Waals surface area contributed by atoms with E-state index < -0.39 is 0 Å². The molecule has 0 atom stereocenters. The fraction of sp³-hybridized carbons (Fsp3) is 0.394. The van der Waals surface area contributed by atoms with Gasteiger partial charge in [-0.2, -0.15) is 0 Å². The quantitative estimate of drug-likeness (QED) is 0.247. The van der Waals surface area contributed by atoms with Gasteiger partial charge in [0.1, 0.15) is 5.82 Å². The van der Waals surface area contributed by atoms with Gasteiger partial charge in [0.2, 0.25) is 0 Å². The molecule has 34 heavy (non-hydrogen) atoms. The molecule has 0 bridgehead atoms. The Morgan fingerprint density at radius 3 is 2.47 bits per heavy atom. The lowest BCUT2D eigenvalue weighted by Gasteiger charge is -2.28. The highest BCUT2D eigenvalue weighted by molar-refractivity contribution is 5.85. The van der Waals surface area contributed by atoms with E-state index in [1.165, 1.54) is 56.1 Å². The third-order valence-corrected chi connectivity index (χ3v) is 7.39. The first kappa shape index (κ1) is 24.3.